The number of carbonyl (C=O) groups excluding carboxylic acids is 1. The van der Waals surface area contributed by atoms with Gasteiger partial charge in [-0.15, -0.1) is 0 Å². The molecule has 1 amide bonds. The van der Waals surface area contributed by atoms with Gasteiger partial charge in [-0.25, -0.2) is 0 Å². The molecule has 79 heavy (non-hydrogen) atoms. The quantitative estimate of drug-likeness (QED) is 0.0240. The second-order valence-corrected chi connectivity index (χ2v) is 22.9. The normalized spacial score (nSPS) is 30.3. The van der Waals surface area contributed by atoms with E-state index in [0.29, 0.717) is 6.42 Å². The summed E-state index contributed by atoms with van der Waals surface area (Å²) < 4.78 is 34.3. The molecule has 3 aliphatic rings. The van der Waals surface area contributed by atoms with Crippen molar-refractivity contribution in [3.8, 4) is 0 Å². The highest BCUT2D eigenvalue weighted by Crippen LogP contribution is 2.33. The molecule has 0 aromatic carbocycles. The van der Waals surface area contributed by atoms with Crippen LogP contribution in [-0.4, -0.2) is 193 Å². The Bertz CT molecular complexity index is 1500. The summed E-state index contributed by atoms with van der Waals surface area (Å²) in [5, 5.41) is 120. The summed E-state index contributed by atoms with van der Waals surface area (Å²) in [6.07, 6.45) is 17.7. The van der Waals surface area contributed by atoms with Gasteiger partial charge in [0.2, 0.25) is 5.91 Å². The minimum atomic E-state index is -1.97. The second kappa shape index (κ2) is 44.1. The molecule has 0 saturated carbocycles. The summed E-state index contributed by atoms with van der Waals surface area (Å²) in [6.45, 7) is 1.74. The van der Waals surface area contributed by atoms with E-state index in [1.807, 2.05) is 6.08 Å². The first-order valence-corrected chi connectivity index (χ1v) is 31.4. The fourth-order valence-electron chi connectivity index (χ4n) is 10.9. The molecule has 19 nitrogen and oxygen atoms in total. The highest BCUT2D eigenvalue weighted by Gasteiger charge is 2.53. The molecular weight excluding hydrogens is 1020 g/mol. The van der Waals surface area contributed by atoms with Gasteiger partial charge in [-0.05, 0) is 19.3 Å². The summed E-state index contributed by atoms with van der Waals surface area (Å²) in [4.78, 5) is 13.3. The molecule has 0 spiro atoms. The van der Waals surface area contributed by atoms with Crippen LogP contribution in [0.25, 0.3) is 0 Å². The lowest BCUT2D eigenvalue weighted by Gasteiger charge is -2.48. The lowest BCUT2D eigenvalue weighted by Crippen LogP contribution is -2.66. The molecule has 0 unspecified atom stereocenters. The smallest absolute Gasteiger partial charge is 0.220 e. The van der Waals surface area contributed by atoms with E-state index in [4.69, 9.17) is 28.4 Å². The molecule has 0 radical (unpaired) electrons. The van der Waals surface area contributed by atoms with Crippen molar-refractivity contribution in [2.24, 2.45) is 0 Å². The molecule has 0 aliphatic carbocycles. The maximum absolute atomic E-state index is 13.3. The molecule has 12 N–H and O–H groups in total. The van der Waals surface area contributed by atoms with Crippen molar-refractivity contribution >= 4 is 5.91 Å². The van der Waals surface area contributed by atoms with Crippen molar-refractivity contribution in [1.82, 2.24) is 5.32 Å². The molecule has 466 valence electrons. The average molecular weight is 1140 g/mol. The van der Waals surface area contributed by atoms with Gasteiger partial charge in [0.15, 0.2) is 18.9 Å². The molecule has 0 aromatic heterocycles. The molecule has 3 saturated heterocycles. The van der Waals surface area contributed by atoms with Gasteiger partial charge in [0, 0.05) is 6.42 Å². The minimum absolute atomic E-state index is 0.249. The van der Waals surface area contributed by atoms with E-state index in [2.05, 4.69) is 19.2 Å². The lowest BCUT2D eigenvalue weighted by molar-refractivity contribution is -0.379. The number of allylic oxidation sites excluding steroid dienone is 1. The fraction of sp³-hybridized carbons (Fsp3) is 0.950. The Morgan fingerprint density at radius 2 is 0.785 bits per heavy atom. The Labute approximate surface area is 474 Å². The van der Waals surface area contributed by atoms with Gasteiger partial charge >= 0.3 is 0 Å². The van der Waals surface area contributed by atoms with Gasteiger partial charge in [0.05, 0.1) is 38.6 Å². The summed E-state index contributed by atoms with van der Waals surface area (Å²) in [6, 6.07) is -0.966. The van der Waals surface area contributed by atoms with E-state index in [-0.39, 0.29) is 18.9 Å². The first-order valence-electron chi connectivity index (χ1n) is 31.4. The Hall–Kier alpha value is -1.47. The highest BCUT2D eigenvalue weighted by molar-refractivity contribution is 5.76. The summed E-state index contributed by atoms with van der Waals surface area (Å²) >= 11 is 0. The zero-order chi connectivity index (χ0) is 57.6. The van der Waals surface area contributed by atoms with Gasteiger partial charge < -0.3 is 89.9 Å². The number of carbonyl (C=O) groups is 1. The Balaban J connectivity index is 1.47. The van der Waals surface area contributed by atoms with E-state index >= 15 is 0 Å². The van der Waals surface area contributed by atoms with E-state index in [9.17, 15) is 61.0 Å². The topological polar surface area (TPSA) is 307 Å². The van der Waals surface area contributed by atoms with Gasteiger partial charge in [0.25, 0.3) is 0 Å². The van der Waals surface area contributed by atoms with Crippen LogP contribution < -0.4 is 5.32 Å². The minimum Gasteiger partial charge on any atom is -0.394 e. The molecule has 0 aromatic rings. The van der Waals surface area contributed by atoms with Crippen LogP contribution in [0.3, 0.4) is 0 Å². The Kier molecular flexibility index (Phi) is 40.1. The van der Waals surface area contributed by atoms with Crippen LogP contribution in [0.15, 0.2) is 12.2 Å². The van der Waals surface area contributed by atoms with Crippen LogP contribution in [-0.2, 0) is 33.2 Å². The van der Waals surface area contributed by atoms with E-state index in [0.717, 1.165) is 44.9 Å². The number of hydrogen-bond acceptors (Lipinski definition) is 18. The zero-order valence-electron chi connectivity index (χ0n) is 48.6. The number of ether oxygens (including phenoxy) is 6. The van der Waals surface area contributed by atoms with Crippen molar-refractivity contribution in [3.05, 3.63) is 12.2 Å². The number of amides is 1. The summed E-state index contributed by atoms with van der Waals surface area (Å²) in [7, 11) is 0. The van der Waals surface area contributed by atoms with Crippen molar-refractivity contribution < 1.29 is 89.4 Å². The van der Waals surface area contributed by atoms with Crippen molar-refractivity contribution in [3.63, 3.8) is 0 Å². The molecule has 0 bridgehead atoms. The third-order valence-corrected chi connectivity index (χ3v) is 16.1. The fourth-order valence-corrected chi connectivity index (χ4v) is 10.9. The van der Waals surface area contributed by atoms with Gasteiger partial charge in [-0.2, -0.15) is 0 Å². The average Bonchev–Trinajstić information content (AvgIpc) is 3.56. The zero-order valence-corrected chi connectivity index (χ0v) is 48.6. The van der Waals surface area contributed by atoms with Crippen LogP contribution >= 0.6 is 0 Å². The number of aliphatic hydroxyl groups excluding tert-OH is 11. The molecule has 3 aliphatic heterocycles. The monoisotopic (exact) mass is 1140 g/mol. The largest absolute Gasteiger partial charge is 0.394 e. The highest BCUT2D eigenvalue weighted by atomic mass is 16.8. The first-order chi connectivity index (χ1) is 38.3. The molecule has 19 heteroatoms. The van der Waals surface area contributed by atoms with Crippen LogP contribution in [0.5, 0.6) is 0 Å². The first kappa shape index (κ1) is 71.8. The number of nitrogens with one attached hydrogen (secondary N) is 1. The Morgan fingerprint density at radius 3 is 1.19 bits per heavy atom. The number of hydrogen-bond donors (Lipinski definition) is 12. The van der Waals surface area contributed by atoms with Gasteiger partial charge in [0.1, 0.15) is 73.2 Å². The van der Waals surface area contributed by atoms with Crippen molar-refractivity contribution in [2.75, 3.05) is 26.4 Å². The predicted molar refractivity (Wildman–Crippen MR) is 300 cm³/mol. The second-order valence-electron chi connectivity index (χ2n) is 22.9. The standard InChI is InChI=1S/C60H113NO18/c1-3-5-7-9-11-13-15-17-18-19-20-21-22-23-24-26-28-30-32-34-36-38-48(66)61-43(44(65)37-35-33-31-29-27-25-16-14-12-10-8-6-4-2)42-74-58-54(72)51(69)56(46(40-63)76-58)79-60-55(73)52(70)57(47(41-64)77-60)78-59-53(71)50(68)49(67)45(39-62)75-59/h35,37,43-47,49-60,62-65,67-73H,3-34,36,38-42H2,1-2H3,(H,61,66)/b37-35+/t43-,44+,45+,46+,47+,49-,50-,51+,52+,53+,54+,55+,56+,57-,58+,59-,60-/m0/s1. The van der Waals surface area contributed by atoms with Gasteiger partial charge in [-0.3, -0.25) is 4.79 Å². The van der Waals surface area contributed by atoms with E-state index in [1.165, 1.54) is 161 Å². The number of unbranched alkanes of at least 4 members (excludes halogenated alkanes) is 31. The summed E-state index contributed by atoms with van der Waals surface area (Å²) in [5.74, 6) is -0.272. The van der Waals surface area contributed by atoms with Crippen molar-refractivity contribution in [2.45, 2.75) is 336 Å². The SMILES string of the molecule is CCCCCCCCCCCCC/C=C/[C@@H](O)[C@H](CO[C@@H]1O[C@H](CO)[C@@H](O[C@@H]2O[C@H](CO)[C@H](O[C@@H]3O[C@H](CO)[C@H](O)[C@H](O)[C@H]3O)[C@H](O)[C@H]2O)[C@H](O)[C@H]1O)NC(=O)CCCCCCCCCCCCCCCCCCCCCCC. The number of aliphatic hydroxyl groups is 11. The van der Waals surface area contributed by atoms with Crippen LogP contribution in [0.4, 0.5) is 0 Å². The van der Waals surface area contributed by atoms with Crippen LogP contribution in [0, 0.1) is 0 Å². The predicted octanol–water partition coefficient (Wildman–Crippen LogP) is 6.16. The number of rotatable bonds is 47. The van der Waals surface area contributed by atoms with E-state index in [1.54, 1.807) is 6.08 Å². The maximum Gasteiger partial charge on any atom is 0.220 e. The Morgan fingerprint density at radius 1 is 0.443 bits per heavy atom. The molecule has 3 heterocycles. The molecular formula is C60H113NO18. The van der Waals surface area contributed by atoms with Crippen LogP contribution in [0.1, 0.15) is 232 Å². The van der Waals surface area contributed by atoms with Crippen molar-refractivity contribution in [1.29, 1.82) is 0 Å². The molecule has 3 fully saturated rings. The molecule has 17 atom stereocenters. The lowest BCUT2D eigenvalue weighted by atomic mass is 9.96. The third-order valence-electron chi connectivity index (χ3n) is 16.1. The summed E-state index contributed by atoms with van der Waals surface area (Å²) in [5.41, 5.74) is 0. The van der Waals surface area contributed by atoms with Crippen LogP contribution in [0.2, 0.25) is 0 Å². The molecule has 3 rings (SSSR count). The maximum atomic E-state index is 13.3. The van der Waals surface area contributed by atoms with E-state index < -0.39 is 124 Å². The van der Waals surface area contributed by atoms with Gasteiger partial charge in [-0.1, -0.05) is 219 Å². The third kappa shape index (κ3) is 27.9.